The van der Waals surface area contributed by atoms with Crippen LogP contribution >= 0.6 is 11.6 Å². The third kappa shape index (κ3) is 5.27. The zero-order chi connectivity index (χ0) is 26.1. The summed E-state index contributed by atoms with van der Waals surface area (Å²) >= 11 is 5.82. The Morgan fingerprint density at radius 1 is 0.944 bits per heavy atom. The van der Waals surface area contributed by atoms with Crippen LogP contribution in [0.15, 0.2) is 65.6 Å². The summed E-state index contributed by atoms with van der Waals surface area (Å²) in [6, 6.07) is 16.7. The number of sulfonamides is 1. The molecule has 0 spiro atoms. The molecule has 4 rings (SSSR count). The molecule has 3 aromatic carbocycles. The summed E-state index contributed by atoms with van der Waals surface area (Å²) in [5.41, 5.74) is 1.05. The first-order valence-electron chi connectivity index (χ1n) is 11.6. The summed E-state index contributed by atoms with van der Waals surface area (Å²) in [6.45, 7) is 6.97. The SMILES string of the molecule is CC(C)(C)C(=O)Nc1ccc(NS(=O)(=O)c2cccc3c(N4CCN(CCCl)C4=O)cccc23)cc1. The van der Waals surface area contributed by atoms with Crippen molar-refractivity contribution in [1.29, 1.82) is 0 Å². The predicted octanol–water partition coefficient (Wildman–Crippen LogP) is 5.11. The van der Waals surface area contributed by atoms with Gasteiger partial charge in [0.1, 0.15) is 0 Å². The van der Waals surface area contributed by atoms with E-state index in [0.717, 1.165) is 0 Å². The Morgan fingerprint density at radius 2 is 1.58 bits per heavy atom. The van der Waals surface area contributed by atoms with Gasteiger partial charge in [-0.15, -0.1) is 11.6 Å². The molecular weight excluding hydrogens is 500 g/mol. The Morgan fingerprint density at radius 3 is 2.25 bits per heavy atom. The standard InChI is InChI=1S/C26H29ClN4O4S/c1-26(2,3)24(32)28-18-10-12-19(13-11-18)29-36(34,35)23-9-5-6-20-21(23)7-4-8-22(20)31-17-16-30(15-14-27)25(31)33/h4-13,29H,14-17H2,1-3H3,(H,28,32). The quantitative estimate of drug-likeness (QED) is 0.416. The predicted molar refractivity (Wildman–Crippen MR) is 144 cm³/mol. The summed E-state index contributed by atoms with van der Waals surface area (Å²) in [6.07, 6.45) is 0. The van der Waals surface area contributed by atoms with Gasteiger partial charge < -0.3 is 10.2 Å². The summed E-state index contributed by atoms with van der Waals surface area (Å²) < 4.78 is 29.3. The Kier molecular flexibility index (Phi) is 7.15. The molecule has 0 atom stereocenters. The molecule has 0 aromatic heterocycles. The van der Waals surface area contributed by atoms with E-state index in [9.17, 15) is 18.0 Å². The van der Waals surface area contributed by atoms with Crippen LogP contribution in [0.3, 0.4) is 0 Å². The normalized spacial score (nSPS) is 14.4. The average Bonchev–Trinajstić information content (AvgIpc) is 3.19. The van der Waals surface area contributed by atoms with E-state index in [0.29, 0.717) is 53.3 Å². The van der Waals surface area contributed by atoms with E-state index < -0.39 is 15.4 Å². The van der Waals surface area contributed by atoms with Gasteiger partial charge in [0.05, 0.1) is 10.6 Å². The van der Waals surface area contributed by atoms with Gasteiger partial charge in [0, 0.05) is 53.1 Å². The van der Waals surface area contributed by atoms with E-state index in [-0.39, 0.29) is 16.8 Å². The Bertz CT molecular complexity index is 1400. The molecule has 0 unspecified atom stereocenters. The van der Waals surface area contributed by atoms with Gasteiger partial charge in [0.2, 0.25) is 5.91 Å². The number of amides is 3. The zero-order valence-corrected chi connectivity index (χ0v) is 22.0. The maximum absolute atomic E-state index is 13.4. The molecule has 0 bridgehead atoms. The molecular formula is C26H29ClN4O4S. The highest BCUT2D eigenvalue weighted by Gasteiger charge is 2.30. The molecule has 1 aliphatic heterocycles. The second kappa shape index (κ2) is 9.99. The fraction of sp³-hybridized carbons (Fsp3) is 0.308. The van der Waals surface area contributed by atoms with Crippen molar-refractivity contribution in [1.82, 2.24) is 4.90 Å². The van der Waals surface area contributed by atoms with Crippen molar-refractivity contribution in [2.75, 3.05) is 40.5 Å². The van der Waals surface area contributed by atoms with Crippen LogP contribution in [-0.2, 0) is 14.8 Å². The minimum atomic E-state index is -3.94. The Hall–Kier alpha value is -3.30. The van der Waals surface area contributed by atoms with Gasteiger partial charge >= 0.3 is 6.03 Å². The van der Waals surface area contributed by atoms with Crippen LogP contribution in [0.2, 0.25) is 0 Å². The van der Waals surface area contributed by atoms with Crippen molar-refractivity contribution < 1.29 is 18.0 Å². The number of carbonyl (C=O) groups excluding carboxylic acids is 2. The number of nitrogens with one attached hydrogen (secondary N) is 2. The molecule has 10 heteroatoms. The Labute approximate surface area is 216 Å². The highest BCUT2D eigenvalue weighted by atomic mass is 35.5. The van der Waals surface area contributed by atoms with Gasteiger partial charge in [0.25, 0.3) is 10.0 Å². The van der Waals surface area contributed by atoms with E-state index in [1.54, 1.807) is 52.3 Å². The molecule has 1 heterocycles. The van der Waals surface area contributed by atoms with E-state index in [2.05, 4.69) is 10.0 Å². The maximum Gasteiger partial charge on any atom is 0.324 e. The first-order chi connectivity index (χ1) is 17.0. The topological polar surface area (TPSA) is 98.8 Å². The number of rotatable bonds is 7. The van der Waals surface area contributed by atoms with Gasteiger partial charge in [-0.25, -0.2) is 13.2 Å². The lowest BCUT2D eigenvalue weighted by Crippen LogP contribution is -2.33. The van der Waals surface area contributed by atoms with Crippen molar-refractivity contribution in [2.45, 2.75) is 25.7 Å². The van der Waals surface area contributed by atoms with Crippen LogP contribution in [0.5, 0.6) is 0 Å². The second-order valence-corrected chi connectivity index (χ2v) is 11.7. The first kappa shape index (κ1) is 25.8. The molecule has 3 aromatic rings. The Balaban J connectivity index is 1.61. The molecule has 1 fully saturated rings. The number of urea groups is 1. The van der Waals surface area contributed by atoms with Crippen LogP contribution in [0.25, 0.3) is 10.8 Å². The second-order valence-electron chi connectivity index (χ2n) is 9.63. The monoisotopic (exact) mass is 528 g/mol. The average molecular weight is 529 g/mol. The highest BCUT2D eigenvalue weighted by Crippen LogP contribution is 2.33. The van der Waals surface area contributed by atoms with Crippen molar-refractivity contribution >= 4 is 61.4 Å². The number of carbonyl (C=O) groups is 2. The molecule has 3 amide bonds. The summed E-state index contributed by atoms with van der Waals surface area (Å²) in [7, 11) is -3.94. The van der Waals surface area contributed by atoms with Crippen LogP contribution in [-0.4, -0.2) is 50.8 Å². The molecule has 8 nitrogen and oxygen atoms in total. The number of benzene rings is 3. The van der Waals surface area contributed by atoms with Crippen molar-refractivity contribution in [3.8, 4) is 0 Å². The molecule has 0 aliphatic carbocycles. The molecule has 190 valence electrons. The van der Waals surface area contributed by atoms with Gasteiger partial charge in [-0.1, -0.05) is 45.0 Å². The lowest BCUT2D eigenvalue weighted by molar-refractivity contribution is -0.123. The summed E-state index contributed by atoms with van der Waals surface area (Å²) in [5, 5.41) is 4.00. The lowest BCUT2D eigenvalue weighted by atomic mass is 9.95. The van der Waals surface area contributed by atoms with E-state index in [1.807, 2.05) is 32.9 Å². The van der Waals surface area contributed by atoms with Gasteiger partial charge in [-0.3, -0.25) is 14.4 Å². The highest BCUT2D eigenvalue weighted by molar-refractivity contribution is 7.93. The molecule has 1 aliphatic rings. The fourth-order valence-electron chi connectivity index (χ4n) is 4.00. The maximum atomic E-state index is 13.4. The van der Waals surface area contributed by atoms with Crippen molar-refractivity contribution in [3.05, 3.63) is 60.7 Å². The van der Waals surface area contributed by atoms with Gasteiger partial charge in [-0.2, -0.15) is 0 Å². The van der Waals surface area contributed by atoms with Crippen LogP contribution < -0.4 is 14.9 Å². The summed E-state index contributed by atoms with van der Waals surface area (Å²) in [5.74, 6) is 0.220. The number of nitrogens with zero attached hydrogens (tertiary/aromatic N) is 2. The molecule has 2 N–H and O–H groups in total. The van der Waals surface area contributed by atoms with Crippen LogP contribution in [0, 0.1) is 5.41 Å². The smallest absolute Gasteiger partial charge is 0.324 e. The first-order valence-corrected chi connectivity index (χ1v) is 13.6. The molecule has 36 heavy (non-hydrogen) atoms. The third-order valence-electron chi connectivity index (χ3n) is 5.96. The minimum absolute atomic E-state index is 0.108. The van der Waals surface area contributed by atoms with Crippen molar-refractivity contribution in [2.24, 2.45) is 5.41 Å². The molecule has 1 saturated heterocycles. The third-order valence-corrected chi connectivity index (χ3v) is 7.57. The van der Waals surface area contributed by atoms with Crippen LogP contribution in [0.4, 0.5) is 21.9 Å². The number of hydrogen-bond acceptors (Lipinski definition) is 4. The number of alkyl halides is 1. The van der Waals surface area contributed by atoms with Gasteiger partial charge in [-0.05, 0) is 36.4 Å². The number of hydrogen-bond donors (Lipinski definition) is 2. The van der Waals surface area contributed by atoms with Crippen LogP contribution in [0.1, 0.15) is 20.8 Å². The summed E-state index contributed by atoms with van der Waals surface area (Å²) in [4.78, 5) is 28.5. The lowest BCUT2D eigenvalue weighted by Gasteiger charge is -2.20. The largest absolute Gasteiger partial charge is 0.326 e. The number of fused-ring (bicyclic) bond motifs is 1. The van der Waals surface area contributed by atoms with Gasteiger partial charge in [0.15, 0.2) is 0 Å². The minimum Gasteiger partial charge on any atom is -0.326 e. The fourth-order valence-corrected chi connectivity index (χ4v) is 5.49. The molecule has 0 saturated carbocycles. The molecule has 0 radical (unpaired) electrons. The zero-order valence-electron chi connectivity index (χ0n) is 20.4. The number of anilines is 3. The van der Waals surface area contributed by atoms with Crippen molar-refractivity contribution in [3.63, 3.8) is 0 Å². The van der Waals surface area contributed by atoms with E-state index in [4.69, 9.17) is 11.6 Å². The van der Waals surface area contributed by atoms with E-state index in [1.165, 1.54) is 6.07 Å². The van der Waals surface area contributed by atoms with E-state index >= 15 is 0 Å². The number of halogens is 1.